The van der Waals surface area contributed by atoms with Crippen LogP contribution in [-0.2, 0) is 28.5 Å². The van der Waals surface area contributed by atoms with Crippen LogP contribution in [0.15, 0.2) is 0 Å². The number of hydrogen-bond donors (Lipinski definition) is 2. The predicted molar refractivity (Wildman–Crippen MR) is 108 cm³/mol. The number of ether oxygens (including phenoxy) is 4. The Morgan fingerprint density at radius 1 is 1.03 bits per heavy atom. The lowest BCUT2D eigenvalue weighted by Crippen LogP contribution is -2.36. The third kappa shape index (κ3) is 8.20. The summed E-state index contributed by atoms with van der Waals surface area (Å²) >= 11 is 0. The van der Waals surface area contributed by atoms with E-state index in [0.29, 0.717) is 45.8 Å². The first-order valence-electron chi connectivity index (χ1n) is 11.0. The van der Waals surface area contributed by atoms with Crippen molar-refractivity contribution in [1.82, 2.24) is 5.32 Å². The molecule has 2 rings (SSSR count). The van der Waals surface area contributed by atoms with Crippen LogP contribution < -0.4 is 11.1 Å². The van der Waals surface area contributed by atoms with Crippen LogP contribution in [0.25, 0.3) is 0 Å². The third-order valence-electron chi connectivity index (χ3n) is 5.78. The molecule has 8 heteroatoms. The second-order valence-corrected chi connectivity index (χ2v) is 8.06. The van der Waals surface area contributed by atoms with E-state index in [2.05, 4.69) is 5.32 Å². The van der Waals surface area contributed by atoms with Crippen LogP contribution in [0, 0.1) is 17.8 Å². The molecule has 0 saturated heterocycles. The van der Waals surface area contributed by atoms with Crippen molar-refractivity contribution < 1.29 is 28.5 Å². The maximum atomic E-state index is 12.7. The first-order chi connectivity index (χ1) is 14.0. The van der Waals surface area contributed by atoms with Gasteiger partial charge in [-0.1, -0.05) is 12.8 Å². The van der Waals surface area contributed by atoms with E-state index >= 15 is 0 Å². The Morgan fingerprint density at radius 3 is 2.38 bits per heavy atom. The van der Waals surface area contributed by atoms with Gasteiger partial charge in [0, 0.05) is 13.1 Å². The van der Waals surface area contributed by atoms with Gasteiger partial charge in [0.05, 0.1) is 31.2 Å². The van der Waals surface area contributed by atoms with E-state index in [1.807, 2.05) is 6.92 Å². The Labute approximate surface area is 174 Å². The highest BCUT2D eigenvalue weighted by Crippen LogP contribution is 2.33. The van der Waals surface area contributed by atoms with Gasteiger partial charge in [-0.15, -0.1) is 0 Å². The molecule has 5 unspecified atom stereocenters. The van der Waals surface area contributed by atoms with Gasteiger partial charge in [-0.2, -0.15) is 0 Å². The molecule has 8 nitrogen and oxygen atoms in total. The van der Waals surface area contributed by atoms with Gasteiger partial charge in [-0.25, -0.2) is 0 Å². The lowest BCUT2D eigenvalue weighted by molar-refractivity contribution is -0.164. The summed E-state index contributed by atoms with van der Waals surface area (Å²) in [5.74, 6) is -1.01. The molecule has 0 amide bonds. The van der Waals surface area contributed by atoms with E-state index in [1.54, 1.807) is 7.05 Å². The topological polar surface area (TPSA) is 109 Å². The van der Waals surface area contributed by atoms with E-state index < -0.39 is 0 Å². The van der Waals surface area contributed by atoms with Gasteiger partial charge in [0.15, 0.2) is 6.29 Å². The number of esters is 2. The molecule has 3 N–H and O–H groups in total. The number of hydrogen-bond acceptors (Lipinski definition) is 8. The van der Waals surface area contributed by atoms with E-state index in [4.69, 9.17) is 24.7 Å². The maximum absolute atomic E-state index is 12.7. The molecule has 0 aliphatic heterocycles. The zero-order valence-corrected chi connectivity index (χ0v) is 17.9. The molecule has 168 valence electrons. The normalized spacial score (nSPS) is 28.1. The summed E-state index contributed by atoms with van der Waals surface area (Å²) in [6.45, 7) is 4.15. The minimum Gasteiger partial charge on any atom is -0.465 e. The van der Waals surface area contributed by atoms with Crippen molar-refractivity contribution in [3.05, 3.63) is 0 Å². The van der Waals surface area contributed by atoms with Gasteiger partial charge in [0.2, 0.25) is 0 Å². The van der Waals surface area contributed by atoms with Gasteiger partial charge in [-0.3, -0.25) is 9.59 Å². The molecule has 2 aliphatic carbocycles. The first kappa shape index (κ1) is 24.1. The average Bonchev–Trinajstić information content (AvgIpc) is 3.17. The van der Waals surface area contributed by atoms with Gasteiger partial charge in [0.1, 0.15) is 6.61 Å². The minimum absolute atomic E-state index is 0.121. The summed E-state index contributed by atoms with van der Waals surface area (Å²) in [5, 5.41) is 2.94. The molecule has 29 heavy (non-hydrogen) atoms. The molecule has 2 aliphatic rings. The first-order valence-corrected chi connectivity index (χ1v) is 11.0. The molecule has 5 atom stereocenters. The highest BCUT2D eigenvalue weighted by atomic mass is 16.7. The van der Waals surface area contributed by atoms with Crippen LogP contribution in [0.1, 0.15) is 51.9 Å². The Bertz CT molecular complexity index is 504. The monoisotopic (exact) mass is 414 g/mol. The molecule has 2 saturated carbocycles. The highest BCUT2D eigenvalue weighted by molar-refractivity contribution is 5.82. The smallest absolute Gasteiger partial charge is 0.309 e. The maximum Gasteiger partial charge on any atom is 0.309 e. The largest absolute Gasteiger partial charge is 0.465 e. The molecule has 0 aromatic heterocycles. The molecule has 0 aromatic rings. The molecule has 2 fully saturated rings. The van der Waals surface area contributed by atoms with Gasteiger partial charge in [-0.05, 0) is 52.0 Å². The van der Waals surface area contributed by atoms with Crippen molar-refractivity contribution in [3.8, 4) is 0 Å². The summed E-state index contributed by atoms with van der Waals surface area (Å²) < 4.78 is 22.3. The van der Waals surface area contributed by atoms with E-state index in [1.165, 1.54) is 0 Å². The molecule has 0 spiro atoms. The quantitative estimate of drug-likeness (QED) is 0.282. The Morgan fingerprint density at radius 2 is 1.72 bits per heavy atom. The van der Waals surface area contributed by atoms with E-state index in [-0.39, 0.29) is 42.1 Å². The zero-order valence-electron chi connectivity index (χ0n) is 17.9. The minimum atomic E-state index is -0.385. The number of nitrogens with two attached hydrogens (primary N) is 1. The van der Waals surface area contributed by atoms with Gasteiger partial charge >= 0.3 is 11.9 Å². The number of likely N-dealkylation sites (N-methyl/N-ethyl adjacent to an activating group) is 1. The summed E-state index contributed by atoms with van der Waals surface area (Å²) in [5.41, 5.74) is 5.43. The summed E-state index contributed by atoms with van der Waals surface area (Å²) in [4.78, 5) is 25.0. The molecule has 0 bridgehead atoms. The Balaban J connectivity index is 1.73. The highest BCUT2D eigenvalue weighted by Gasteiger charge is 2.38. The van der Waals surface area contributed by atoms with Crippen LogP contribution in [0.2, 0.25) is 0 Å². The van der Waals surface area contributed by atoms with Gasteiger partial charge < -0.3 is 30.0 Å². The molecule has 0 radical (unpaired) electrons. The Hall–Kier alpha value is -1.22. The van der Waals surface area contributed by atoms with Crippen molar-refractivity contribution in [2.45, 2.75) is 64.3 Å². The standard InChI is InChI=1S/C21H38N2O6/c1-15(26-11-9-22)29-17-8-7-16(13-17)14-28-21(25)19-6-4-3-5-18(19)20(24)27-12-10-23-2/h15-19,23H,3-14,22H2,1-2H3. The summed E-state index contributed by atoms with van der Waals surface area (Å²) in [6.07, 6.45) is 5.86. The van der Waals surface area contributed by atoms with Gasteiger partial charge in [0.25, 0.3) is 0 Å². The third-order valence-corrected chi connectivity index (χ3v) is 5.78. The SMILES string of the molecule is CNCCOC(=O)C1CCCCC1C(=O)OCC1CCC(OC(C)OCCN)C1. The lowest BCUT2D eigenvalue weighted by atomic mass is 9.79. The number of rotatable bonds is 12. The number of carbonyl (C=O) groups is 2. The van der Waals surface area contributed by atoms with Crippen LogP contribution in [0.3, 0.4) is 0 Å². The van der Waals surface area contributed by atoms with Crippen molar-refractivity contribution in [3.63, 3.8) is 0 Å². The van der Waals surface area contributed by atoms with Crippen LogP contribution in [0.5, 0.6) is 0 Å². The van der Waals surface area contributed by atoms with Crippen molar-refractivity contribution in [1.29, 1.82) is 0 Å². The molecule has 0 aromatic carbocycles. The van der Waals surface area contributed by atoms with Crippen LogP contribution >= 0.6 is 0 Å². The van der Waals surface area contributed by atoms with Crippen LogP contribution in [0.4, 0.5) is 0 Å². The van der Waals surface area contributed by atoms with E-state index in [9.17, 15) is 9.59 Å². The molecular formula is C21H38N2O6. The Kier molecular flexibility index (Phi) is 10.9. The fourth-order valence-electron chi connectivity index (χ4n) is 4.21. The second-order valence-electron chi connectivity index (χ2n) is 8.06. The van der Waals surface area contributed by atoms with Crippen molar-refractivity contribution in [2.75, 3.05) is 40.0 Å². The summed E-state index contributed by atoms with van der Waals surface area (Å²) in [7, 11) is 1.81. The fourth-order valence-corrected chi connectivity index (χ4v) is 4.21. The van der Waals surface area contributed by atoms with Crippen LogP contribution in [-0.4, -0.2) is 64.3 Å². The predicted octanol–water partition coefficient (Wildman–Crippen LogP) is 1.61. The molecule has 0 heterocycles. The van der Waals surface area contributed by atoms with Crippen molar-refractivity contribution >= 4 is 11.9 Å². The zero-order chi connectivity index (χ0) is 21.1. The van der Waals surface area contributed by atoms with Crippen molar-refractivity contribution in [2.24, 2.45) is 23.5 Å². The molecular weight excluding hydrogens is 376 g/mol. The number of carbonyl (C=O) groups excluding carboxylic acids is 2. The van der Waals surface area contributed by atoms with E-state index in [0.717, 1.165) is 32.1 Å². The average molecular weight is 415 g/mol. The second kappa shape index (κ2) is 13.2. The fraction of sp³-hybridized carbons (Fsp3) is 0.905. The number of nitrogens with one attached hydrogen (secondary N) is 1. The lowest BCUT2D eigenvalue weighted by Gasteiger charge is -2.28. The summed E-state index contributed by atoms with van der Waals surface area (Å²) in [6, 6.07) is 0.